The van der Waals surface area contributed by atoms with E-state index in [9.17, 15) is 19.7 Å². The van der Waals surface area contributed by atoms with Crippen molar-refractivity contribution in [2.24, 2.45) is 0 Å². The molecule has 1 heterocycles. The lowest BCUT2D eigenvalue weighted by Crippen LogP contribution is -2.21. The highest BCUT2D eigenvalue weighted by molar-refractivity contribution is 5.95. The van der Waals surface area contributed by atoms with Crippen LogP contribution in [0, 0.1) is 17.0 Å². The highest BCUT2D eigenvalue weighted by Gasteiger charge is 2.20. The molecule has 0 aliphatic heterocycles. The van der Waals surface area contributed by atoms with Crippen molar-refractivity contribution in [2.45, 2.75) is 6.92 Å². The van der Waals surface area contributed by atoms with E-state index >= 15 is 0 Å². The van der Waals surface area contributed by atoms with Crippen LogP contribution in [-0.4, -0.2) is 28.4 Å². The fourth-order valence-electron chi connectivity index (χ4n) is 2.35. The van der Waals surface area contributed by atoms with E-state index in [1.54, 1.807) is 19.1 Å². The van der Waals surface area contributed by atoms with Crippen molar-refractivity contribution in [3.05, 3.63) is 76.2 Å². The molecule has 0 radical (unpaired) electrons. The number of anilines is 1. The van der Waals surface area contributed by atoms with Gasteiger partial charge in [0.2, 0.25) is 5.89 Å². The molecule has 1 amide bonds. The summed E-state index contributed by atoms with van der Waals surface area (Å²) in [7, 11) is 0. The fraction of sp³-hybridized carbons (Fsp3) is 0.105. The number of nitro benzene ring substituents is 1. The molecule has 0 aliphatic carbocycles. The Bertz CT molecular complexity index is 1010. The lowest BCUT2D eigenvalue weighted by molar-refractivity contribution is -0.384. The molecule has 142 valence electrons. The molecule has 9 nitrogen and oxygen atoms in total. The molecule has 0 saturated carbocycles. The zero-order valence-electron chi connectivity index (χ0n) is 14.7. The Morgan fingerprint density at radius 2 is 1.82 bits per heavy atom. The van der Waals surface area contributed by atoms with Crippen LogP contribution >= 0.6 is 0 Å². The molecule has 2 aromatic carbocycles. The SMILES string of the molecule is Cc1oc(-c2ccccc2)nc1C(=O)OCC(=O)Nc1ccc([N+](=O)[O-])cc1. The fourth-order valence-corrected chi connectivity index (χ4v) is 2.35. The van der Waals surface area contributed by atoms with Gasteiger partial charge in [0.1, 0.15) is 5.76 Å². The Morgan fingerprint density at radius 1 is 1.14 bits per heavy atom. The topological polar surface area (TPSA) is 125 Å². The average Bonchev–Trinajstić information content (AvgIpc) is 3.09. The van der Waals surface area contributed by atoms with Crippen molar-refractivity contribution in [3.63, 3.8) is 0 Å². The Balaban J connectivity index is 1.58. The van der Waals surface area contributed by atoms with Crippen molar-refractivity contribution < 1.29 is 23.7 Å². The number of ether oxygens (including phenoxy) is 1. The minimum absolute atomic E-state index is 0.0120. The molecule has 0 saturated heterocycles. The van der Waals surface area contributed by atoms with E-state index in [0.29, 0.717) is 11.3 Å². The average molecular weight is 381 g/mol. The number of carbonyl (C=O) groups is 2. The molecule has 0 aliphatic rings. The maximum atomic E-state index is 12.2. The van der Waals surface area contributed by atoms with E-state index in [1.807, 2.05) is 18.2 Å². The summed E-state index contributed by atoms with van der Waals surface area (Å²) in [6.45, 7) is 1.04. The molecule has 28 heavy (non-hydrogen) atoms. The molecule has 1 N–H and O–H groups in total. The number of non-ortho nitro benzene ring substituents is 1. The zero-order valence-corrected chi connectivity index (χ0v) is 14.7. The van der Waals surface area contributed by atoms with Crippen molar-refractivity contribution in [1.82, 2.24) is 4.98 Å². The minimum atomic E-state index is -0.790. The van der Waals surface area contributed by atoms with Gasteiger partial charge in [-0.1, -0.05) is 18.2 Å². The van der Waals surface area contributed by atoms with Gasteiger partial charge in [-0.2, -0.15) is 0 Å². The number of rotatable bonds is 6. The smallest absolute Gasteiger partial charge is 0.361 e. The quantitative estimate of drug-likeness (QED) is 0.394. The van der Waals surface area contributed by atoms with E-state index in [0.717, 1.165) is 0 Å². The van der Waals surface area contributed by atoms with Gasteiger partial charge >= 0.3 is 5.97 Å². The Labute approximate surface area is 159 Å². The van der Waals surface area contributed by atoms with Crippen molar-refractivity contribution in [2.75, 3.05) is 11.9 Å². The summed E-state index contributed by atoms with van der Waals surface area (Å²) in [5, 5.41) is 13.1. The maximum Gasteiger partial charge on any atom is 0.361 e. The summed E-state index contributed by atoms with van der Waals surface area (Å²) >= 11 is 0. The summed E-state index contributed by atoms with van der Waals surface area (Å²) in [6.07, 6.45) is 0. The standard InChI is InChI=1S/C19H15N3O6/c1-12-17(21-18(28-12)13-5-3-2-4-6-13)19(24)27-11-16(23)20-14-7-9-15(10-8-14)22(25)26/h2-10H,11H2,1H3,(H,20,23). The number of nitro groups is 1. The lowest BCUT2D eigenvalue weighted by atomic mass is 10.2. The van der Waals surface area contributed by atoms with Crippen LogP contribution in [0.4, 0.5) is 11.4 Å². The van der Waals surface area contributed by atoms with Gasteiger partial charge in [0, 0.05) is 23.4 Å². The van der Waals surface area contributed by atoms with Crippen LogP contribution in [0.15, 0.2) is 59.0 Å². The van der Waals surface area contributed by atoms with Gasteiger partial charge in [0.25, 0.3) is 11.6 Å². The highest BCUT2D eigenvalue weighted by atomic mass is 16.6. The molecular weight excluding hydrogens is 366 g/mol. The minimum Gasteiger partial charge on any atom is -0.451 e. The number of oxazole rings is 1. The first-order chi connectivity index (χ1) is 13.4. The summed E-state index contributed by atoms with van der Waals surface area (Å²) in [4.78, 5) is 38.3. The van der Waals surface area contributed by atoms with Crippen LogP contribution in [0.1, 0.15) is 16.2 Å². The summed E-state index contributed by atoms with van der Waals surface area (Å²) < 4.78 is 10.5. The van der Waals surface area contributed by atoms with Crippen LogP contribution in [-0.2, 0) is 9.53 Å². The van der Waals surface area contributed by atoms with Gasteiger partial charge < -0.3 is 14.5 Å². The van der Waals surface area contributed by atoms with Gasteiger partial charge in [0.05, 0.1) is 4.92 Å². The third kappa shape index (κ3) is 4.39. The van der Waals surface area contributed by atoms with Crippen LogP contribution in [0.2, 0.25) is 0 Å². The largest absolute Gasteiger partial charge is 0.451 e. The first-order valence-corrected chi connectivity index (χ1v) is 8.18. The third-order valence-electron chi connectivity index (χ3n) is 3.71. The van der Waals surface area contributed by atoms with E-state index in [4.69, 9.17) is 9.15 Å². The second-order valence-electron chi connectivity index (χ2n) is 5.72. The number of hydrogen-bond donors (Lipinski definition) is 1. The number of nitrogens with one attached hydrogen (secondary N) is 1. The first-order valence-electron chi connectivity index (χ1n) is 8.18. The molecule has 0 spiro atoms. The number of esters is 1. The molecule has 0 bridgehead atoms. The summed E-state index contributed by atoms with van der Waals surface area (Å²) in [5.41, 5.74) is 0.943. The molecule has 9 heteroatoms. The first kappa shape index (κ1) is 18.8. The van der Waals surface area contributed by atoms with Gasteiger partial charge in [-0.15, -0.1) is 0 Å². The maximum absolute atomic E-state index is 12.2. The van der Waals surface area contributed by atoms with Crippen LogP contribution in [0.5, 0.6) is 0 Å². The molecule has 0 atom stereocenters. The molecule has 0 unspecified atom stereocenters. The second kappa shape index (κ2) is 8.12. The lowest BCUT2D eigenvalue weighted by Gasteiger charge is -2.05. The van der Waals surface area contributed by atoms with E-state index < -0.39 is 23.4 Å². The number of benzene rings is 2. The van der Waals surface area contributed by atoms with Gasteiger partial charge in [-0.3, -0.25) is 14.9 Å². The monoisotopic (exact) mass is 381 g/mol. The number of amides is 1. The molecular formula is C19H15N3O6. The molecule has 3 rings (SSSR count). The predicted molar refractivity (Wildman–Crippen MR) is 98.7 cm³/mol. The van der Waals surface area contributed by atoms with Crippen molar-refractivity contribution >= 4 is 23.3 Å². The number of carbonyl (C=O) groups excluding carboxylic acids is 2. The number of aromatic nitrogens is 1. The molecule has 0 fully saturated rings. The van der Waals surface area contributed by atoms with Crippen LogP contribution in [0.3, 0.4) is 0 Å². The van der Waals surface area contributed by atoms with Gasteiger partial charge in [-0.25, -0.2) is 9.78 Å². The second-order valence-corrected chi connectivity index (χ2v) is 5.72. The number of hydrogen-bond acceptors (Lipinski definition) is 7. The Morgan fingerprint density at radius 3 is 2.46 bits per heavy atom. The Hall–Kier alpha value is -4.01. The third-order valence-corrected chi connectivity index (χ3v) is 3.71. The zero-order chi connectivity index (χ0) is 20.1. The van der Waals surface area contributed by atoms with Crippen molar-refractivity contribution in [3.8, 4) is 11.5 Å². The summed E-state index contributed by atoms with van der Waals surface area (Å²) in [6, 6.07) is 14.3. The van der Waals surface area contributed by atoms with E-state index in [1.165, 1.54) is 24.3 Å². The Kier molecular flexibility index (Phi) is 5.45. The molecule has 3 aromatic rings. The van der Waals surface area contributed by atoms with Crippen molar-refractivity contribution in [1.29, 1.82) is 0 Å². The highest BCUT2D eigenvalue weighted by Crippen LogP contribution is 2.22. The summed E-state index contributed by atoms with van der Waals surface area (Å²) in [5.74, 6) is -0.825. The number of nitrogens with zero attached hydrogens (tertiary/aromatic N) is 2. The van der Waals surface area contributed by atoms with Gasteiger partial charge in [0.15, 0.2) is 12.3 Å². The normalized spacial score (nSPS) is 10.3. The predicted octanol–water partition coefficient (Wildman–Crippen LogP) is 3.35. The van der Waals surface area contributed by atoms with Gasteiger partial charge in [-0.05, 0) is 31.2 Å². The van der Waals surface area contributed by atoms with Crippen LogP contribution < -0.4 is 5.32 Å². The number of aryl methyl sites for hydroxylation is 1. The molecule has 1 aromatic heterocycles. The van der Waals surface area contributed by atoms with Crippen LogP contribution in [0.25, 0.3) is 11.5 Å². The van der Waals surface area contributed by atoms with E-state index in [2.05, 4.69) is 10.3 Å². The van der Waals surface area contributed by atoms with E-state index in [-0.39, 0.29) is 23.0 Å².